The Hall–Kier alpha value is -2.33. The van der Waals surface area contributed by atoms with E-state index in [4.69, 9.17) is 0 Å². The van der Waals surface area contributed by atoms with Gasteiger partial charge in [0.25, 0.3) is 0 Å². The van der Waals surface area contributed by atoms with E-state index < -0.39 is 22.9 Å². The van der Waals surface area contributed by atoms with E-state index in [0.29, 0.717) is 11.0 Å². The average molecular weight is 398 g/mol. The van der Waals surface area contributed by atoms with Crippen LogP contribution in [0.5, 0.6) is 0 Å². The lowest BCUT2D eigenvalue weighted by atomic mass is 10.2. The number of hydrogen-bond donors (Lipinski definition) is 2. The van der Waals surface area contributed by atoms with Gasteiger partial charge in [-0.25, -0.2) is 4.98 Å². The van der Waals surface area contributed by atoms with Crippen LogP contribution in [0.3, 0.4) is 0 Å². The molecule has 1 amide bonds. The first kappa shape index (κ1) is 18.5. The summed E-state index contributed by atoms with van der Waals surface area (Å²) >= 11 is 2.62. The normalized spacial score (nSPS) is 12.8. The lowest BCUT2D eigenvalue weighted by Crippen LogP contribution is -2.22. The molecule has 10 heteroatoms. The Kier molecular flexibility index (Phi) is 5.33. The molecule has 0 unspecified atom stereocenters. The third-order valence-electron chi connectivity index (χ3n) is 3.33. The fourth-order valence-corrected chi connectivity index (χ4v) is 3.44. The van der Waals surface area contributed by atoms with Gasteiger partial charge in [-0.05, 0) is 36.6 Å². The minimum Gasteiger partial charge on any atom is -0.325 e. The van der Waals surface area contributed by atoms with E-state index in [1.54, 1.807) is 6.92 Å². The summed E-state index contributed by atoms with van der Waals surface area (Å²) in [7, 11) is 0. The maximum Gasteiger partial charge on any atom is 0.416 e. The molecule has 0 saturated heterocycles. The lowest BCUT2D eigenvalue weighted by Gasteiger charge is -2.12. The van der Waals surface area contributed by atoms with E-state index in [1.807, 2.05) is 17.5 Å². The van der Waals surface area contributed by atoms with E-state index in [0.717, 1.165) is 28.8 Å². The zero-order valence-electron chi connectivity index (χ0n) is 13.4. The van der Waals surface area contributed by atoms with Gasteiger partial charge in [0.1, 0.15) is 0 Å². The van der Waals surface area contributed by atoms with Gasteiger partial charge in [0.05, 0.1) is 15.7 Å². The number of aromatic amines is 1. The van der Waals surface area contributed by atoms with Crippen LogP contribution in [0.1, 0.15) is 12.5 Å². The molecule has 2 heterocycles. The zero-order valence-corrected chi connectivity index (χ0v) is 15.0. The van der Waals surface area contributed by atoms with E-state index in [1.165, 1.54) is 23.5 Å². The lowest BCUT2D eigenvalue weighted by molar-refractivity contribution is -0.137. The molecule has 0 aliphatic heterocycles. The van der Waals surface area contributed by atoms with E-state index >= 15 is 0 Å². The van der Waals surface area contributed by atoms with Crippen LogP contribution in [-0.2, 0) is 11.0 Å². The van der Waals surface area contributed by atoms with Crippen molar-refractivity contribution in [1.82, 2.24) is 15.2 Å². The molecular weight excluding hydrogens is 385 g/mol. The van der Waals surface area contributed by atoms with Crippen molar-refractivity contribution in [2.24, 2.45) is 0 Å². The summed E-state index contributed by atoms with van der Waals surface area (Å²) in [5.41, 5.74) is -0.725. The van der Waals surface area contributed by atoms with Crippen molar-refractivity contribution < 1.29 is 18.0 Å². The maximum atomic E-state index is 12.7. The third kappa shape index (κ3) is 4.44. The molecule has 0 spiro atoms. The molecule has 3 rings (SSSR count). The van der Waals surface area contributed by atoms with Crippen LogP contribution in [-0.4, -0.2) is 26.3 Å². The summed E-state index contributed by atoms with van der Waals surface area (Å²) < 4.78 is 38.2. The number of halogens is 3. The molecule has 1 aromatic carbocycles. The highest BCUT2D eigenvalue weighted by molar-refractivity contribution is 8.00. The summed E-state index contributed by atoms with van der Waals surface area (Å²) in [6, 6.07) is 8.29. The zero-order chi connectivity index (χ0) is 18.7. The molecule has 0 bridgehead atoms. The highest BCUT2D eigenvalue weighted by Crippen LogP contribution is 2.31. The second kappa shape index (κ2) is 7.50. The number of aromatic nitrogens is 3. The van der Waals surface area contributed by atoms with Crippen LogP contribution in [0.15, 0.2) is 46.9 Å². The summed E-state index contributed by atoms with van der Waals surface area (Å²) in [6.07, 6.45) is -4.46. The quantitative estimate of drug-likeness (QED) is 0.613. The fraction of sp³-hybridized carbons (Fsp3) is 0.188. The summed E-state index contributed by atoms with van der Waals surface area (Å²) in [5.74, 6) is 0.171. The second-order valence-electron chi connectivity index (χ2n) is 5.27. The predicted molar refractivity (Wildman–Crippen MR) is 95.1 cm³/mol. The first-order valence-corrected chi connectivity index (χ1v) is 9.20. The number of carbonyl (C=O) groups excluding carboxylic acids is 1. The molecule has 26 heavy (non-hydrogen) atoms. The van der Waals surface area contributed by atoms with Gasteiger partial charge in [0, 0.05) is 5.69 Å². The average Bonchev–Trinajstić information content (AvgIpc) is 3.25. The fourth-order valence-electron chi connectivity index (χ4n) is 2.05. The Morgan fingerprint density at radius 3 is 2.81 bits per heavy atom. The summed E-state index contributed by atoms with van der Waals surface area (Å²) in [5, 5.41) is 11.1. The van der Waals surface area contributed by atoms with Gasteiger partial charge in [-0.3, -0.25) is 9.89 Å². The molecule has 1 atom stereocenters. The first-order chi connectivity index (χ1) is 12.3. The Balaban J connectivity index is 1.63. The summed E-state index contributed by atoms with van der Waals surface area (Å²) in [6.45, 7) is 1.63. The monoisotopic (exact) mass is 398 g/mol. The number of nitrogens with zero attached hydrogens (tertiary/aromatic N) is 2. The number of rotatable bonds is 5. The number of H-pyrrole nitrogens is 1. The standard InChI is InChI=1S/C16H13F3N4OS2/c1-9(26-15-21-13(22-23-15)12-6-3-7-25-12)14(24)20-11-5-2-4-10(8-11)16(17,18)19/h2-9H,1H3,(H,20,24)(H,21,22,23)/t9-/m0/s1. The Morgan fingerprint density at radius 1 is 1.31 bits per heavy atom. The van der Waals surface area contributed by atoms with Crippen LogP contribution in [0.25, 0.3) is 10.7 Å². The van der Waals surface area contributed by atoms with Crippen molar-refractivity contribution >= 4 is 34.7 Å². The second-order valence-corrected chi connectivity index (χ2v) is 7.53. The van der Waals surface area contributed by atoms with Crippen LogP contribution < -0.4 is 5.32 Å². The first-order valence-electron chi connectivity index (χ1n) is 7.44. The maximum absolute atomic E-state index is 12.7. The SMILES string of the molecule is C[C@H](Sc1n[nH]c(-c2cccs2)n1)C(=O)Nc1cccc(C(F)(F)F)c1. The Morgan fingerprint density at radius 2 is 2.12 bits per heavy atom. The topological polar surface area (TPSA) is 70.7 Å². The van der Waals surface area contributed by atoms with Gasteiger partial charge in [0.2, 0.25) is 11.1 Å². The molecule has 5 nitrogen and oxygen atoms in total. The molecular formula is C16H13F3N4OS2. The molecule has 0 aliphatic carbocycles. The highest BCUT2D eigenvalue weighted by atomic mass is 32.2. The van der Waals surface area contributed by atoms with E-state index in [2.05, 4.69) is 20.5 Å². The van der Waals surface area contributed by atoms with Gasteiger partial charge < -0.3 is 5.32 Å². The number of anilines is 1. The minimum absolute atomic E-state index is 0.0894. The summed E-state index contributed by atoms with van der Waals surface area (Å²) in [4.78, 5) is 17.5. The minimum atomic E-state index is -4.46. The van der Waals surface area contributed by atoms with Crippen molar-refractivity contribution in [2.45, 2.75) is 23.5 Å². The molecule has 3 aromatic rings. The molecule has 2 N–H and O–H groups in total. The van der Waals surface area contributed by atoms with E-state index in [-0.39, 0.29) is 5.69 Å². The molecule has 0 radical (unpaired) electrons. The van der Waals surface area contributed by atoms with Crippen molar-refractivity contribution in [3.05, 3.63) is 47.3 Å². The Bertz CT molecular complexity index is 893. The molecule has 136 valence electrons. The van der Waals surface area contributed by atoms with E-state index in [9.17, 15) is 18.0 Å². The molecule has 0 saturated carbocycles. The van der Waals surface area contributed by atoms with Gasteiger partial charge in [0.15, 0.2) is 5.82 Å². The number of hydrogen-bond acceptors (Lipinski definition) is 5. The van der Waals surface area contributed by atoms with Gasteiger partial charge >= 0.3 is 6.18 Å². The van der Waals surface area contributed by atoms with Crippen LogP contribution in [0.2, 0.25) is 0 Å². The van der Waals surface area contributed by atoms with Gasteiger partial charge in [-0.1, -0.05) is 23.9 Å². The largest absolute Gasteiger partial charge is 0.416 e. The number of carbonyl (C=O) groups is 1. The van der Waals surface area contributed by atoms with Gasteiger partial charge in [-0.15, -0.1) is 16.4 Å². The van der Waals surface area contributed by atoms with Crippen molar-refractivity contribution in [3.8, 4) is 10.7 Å². The molecule has 0 aliphatic rings. The van der Waals surface area contributed by atoms with Crippen LogP contribution in [0.4, 0.5) is 18.9 Å². The van der Waals surface area contributed by atoms with Crippen LogP contribution in [0, 0.1) is 0 Å². The number of nitrogens with one attached hydrogen (secondary N) is 2. The third-order valence-corrected chi connectivity index (χ3v) is 5.17. The van der Waals surface area contributed by atoms with Crippen molar-refractivity contribution in [1.29, 1.82) is 0 Å². The van der Waals surface area contributed by atoms with Crippen LogP contribution >= 0.6 is 23.1 Å². The van der Waals surface area contributed by atoms with Crippen molar-refractivity contribution in [3.63, 3.8) is 0 Å². The Labute approximate surface area is 155 Å². The molecule has 0 fully saturated rings. The highest BCUT2D eigenvalue weighted by Gasteiger charge is 2.30. The number of thiophene rings is 1. The number of amides is 1. The number of alkyl halides is 3. The smallest absolute Gasteiger partial charge is 0.325 e. The number of benzene rings is 1. The predicted octanol–water partition coefficient (Wildman–Crippen LogP) is 4.67. The van der Waals surface area contributed by atoms with Gasteiger partial charge in [-0.2, -0.15) is 13.2 Å². The number of thioether (sulfide) groups is 1. The molecule has 2 aromatic heterocycles. The van der Waals surface area contributed by atoms with Crippen molar-refractivity contribution in [2.75, 3.05) is 5.32 Å².